The SMILES string of the molecule is CCOc1ccc(-c2noc(N)c2-c2ccccn2)cc1. The number of benzene rings is 1. The third kappa shape index (κ3) is 2.58. The second kappa shape index (κ2) is 5.66. The Labute approximate surface area is 122 Å². The van der Waals surface area contributed by atoms with Crippen molar-refractivity contribution in [2.45, 2.75) is 6.92 Å². The van der Waals surface area contributed by atoms with Gasteiger partial charge in [0.2, 0.25) is 5.88 Å². The summed E-state index contributed by atoms with van der Waals surface area (Å²) < 4.78 is 10.6. The van der Waals surface area contributed by atoms with Gasteiger partial charge in [0, 0.05) is 11.8 Å². The van der Waals surface area contributed by atoms with Gasteiger partial charge in [0.25, 0.3) is 0 Å². The van der Waals surface area contributed by atoms with Gasteiger partial charge in [0.15, 0.2) is 0 Å². The Morgan fingerprint density at radius 3 is 2.62 bits per heavy atom. The monoisotopic (exact) mass is 281 g/mol. The minimum Gasteiger partial charge on any atom is -0.494 e. The van der Waals surface area contributed by atoms with E-state index in [2.05, 4.69) is 10.1 Å². The van der Waals surface area contributed by atoms with Gasteiger partial charge in [-0.3, -0.25) is 4.98 Å². The quantitative estimate of drug-likeness (QED) is 0.793. The van der Waals surface area contributed by atoms with Gasteiger partial charge in [-0.1, -0.05) is 11.2 Å². The fraction of sp³-hybridized carbons (Fsp3) is 0.125. The summed E-state index contributed by atoms with van der Waals surface area (Å²) in [5, 5.41) is 4.06. The van der Waals surface area contributed by atoms with Crippen LogP contribution in [0.25, 0.3) is 22.5 Å². The molecule has 1 aromatic carbocycles. The molecule has 2 aromatic heterocycles. The lowest BCUT2D eigenvalue weighted by Crippen LogP contribution is -1.92. The van der Waals surface area contributed by atoms with E-state index in [0.29, 0.717) is 17.9 Å². The number of pyridine rings is 1. The van der Waals surface area contributed by atoms with Gasteiger partial charge in [-0.25, -0.2) is 0 Å². The summed E-state index contributed by atoms with van der Waals surface area (Å²) in [5.41, 5.74) is 8.92. The summed E-state index contributed by atoms with van der Waals surface area (Å²) in [5.74, 6) is 1.08. The molecule has 0 atom stereocenters. The first-order chi connectivity index (χ1) is 10.3. The maximum Gasteiger partial charge on any atom is 0.232 e. The number of hydrogen-bond acceptors (Lipinski definition) is 5. The molecule has 106 valence electrons. The highest BCUT2D eigenvalue weighted by molar-refractivity contribution is 5.85. The van der Waals surface area contributed by atoms with E-state index in [1.54, 1.807) is 6.20 Å². The van der Waals surface area contributed by atoms with Crippen molar-refractivity contribution in [2.75, 3.05) is 12.3 Å². The fourth-order valence-corrected chi connectivity index (χ4v) is 2.13. The third-order valence-electron chi connectivity index (χ3n) is 3.08. The van der Waals surface area contributed by atoms with Crippen LogP contribution >= 0.6 is 0 Å². The first-order valence-corrected chi connectivity index (χ1v) is 6.69. The summed E-state index contributed by atoms with van der Waals surface area (Å²) in [6.45, 7) is 2.58. The molecule has 2 heterocycles. The van der Waals surface area contributed by atoms with Crippen molar-refractivity contribution in [3.8, 4) is 28.3 Å². The molecule has 0 spiro atoms. The van der Waals surface area contributed by atoms with Crippen LogP contribution < -0.4 is 10.5 Å². The molecule has 0 amide bonds. The Hall–Kier alpha value is -2.82. The lowest BCUT2D eigenvalue weighted by Gasteiger charge is -2.04. The molecule has 0 aliphatic carbocycles. The lowest BCUT2D eigenvalue weighted by molar-refractivity contribution is 0.340. The first-order valence-electron chi connectivity index (χ1n) is 6.69. The minimum absolute atomic E-state index is 0.262. The summed E-state index contributed by atoms with van der Waals surface area (Å²) >= 11 is 0. The van der Waals surface area contributed by atoms with E-state index in [0.717, 1.165) is 17.0 Å². The van der Waals surface area contributed by atoms with E-state index in [4.69, 9.17) is 15.0 Å². The van der Waals surface area contributed by atoms with Crippen molar-refractivity contribution in [1.82, 2.24) is 10.1 Å². The standard InChI is InChI=1S/C16H15N3O2/c1-2-20-12-8-6-11(7-9-12)15-14(16(17)21-19-15)13-5-3-4-10-18-13/h3-10H,2,17H2,1H3. The highest BCUT2D eigenvalue weighted by Crippen LogP contribution is 2.35. The van der Waals surface area contributed by atoms with Gasteiger partial charge in [0.1, 0.15) is 11.4 Å². The maximum atomic E-state index is 5.89. The zero-order chi connectivity index (χ0) is 14.7. The van der Waals surface area contributed by atoms with Crippen LogP contribution in [-0.4, -0.2) is 16.7 Å². The molecule has 0 radical (unpaired) electrons. The molecule has 2 N–H and O–H groups in total. The molecule has 0 aliphatic rings. The highest BCUT2D eigenvalue weighted by atomic mass is 16.5. The van der Waals surface area contributed by atoms with Crippen LogP contribution in [0.3, 0.4) is 0 Å². The fourth-order valence-electron chi connectivity index (χ4n) is 2.13. The largest absolute Gasteiger partial charge is 0.494 e. The highest BCUT2D eigenvalue weighted by Gasteiger charge is 2.18. The number of nitrogen functional groups attached to an aromatic ring is 1. The molecule has 3 aromatic rings. The summed E-state index contributed by atoms with van der Waals surface area (Å²) in [7, 11) is 0. The average molecular weight is 281 g/mol. The molecule has 0 unspecified atom stereocenters. The van der Waals surface area contributed by atoms with E-state index >= 15 is 0 Å². The number of anilines is 1. The molecular formula is C16H15N3O2. The molecular weight excluding hydrogens is 266 g/mol. The van der Waals surface area contributed by atoms with Crippen LogP contribution in [0.4, 0.5) is 5.88 Å². The Morgan fingerprint density at radius 1 is 1.14 bits per heavy atom. The Balaban J connectivity index is 2.03. The minimum atomic E-state index is 0.262. The molecule has 0 saturated heterocycles. The maximum absolute atomic E-state index is 5.89. The normalized spacial score (nSPS) is 10.5. The number of rotatable bonds is 4. The van der Waals surface area contributed by atoms with Gasteiger partial charge in [-0.15, -0.1) is 0 Å². The zero-order valence-electron chi connectivity index (χ0n) is 11.6. The Kier molecular flexibility index (Phi) is 3.55. The molecule has 5 heteroatoms. The van der Waals surface area contributed by atoms with E-state index in [9.17, 15) is 0 Å². The lowest BCUT2D eigenvalue weighted by atomic mass is 10.0. The van der Waals surface area contributed by atoms with Gasteiger partial charge in [-0.05, 0) is 43.3 Å². The van der Waals surface area contributed by atoms with Crippen molar-refractivity contribution in [2.24, 2.45) is 0 Å². The van der Waals surface area contributed by atoms with Crippen LogP contribution in [-0.2, 0) is 0 Å². The van der Waals surface area contributed by atoms with Crippen molar-refractivity contribution >= 4 is 5.88 Å². The van der Waals surface area contributed by atoms with E-state index < -0.39 is 0 Å². The zero-order valence-corrected chi connectivity index (χ0v) is 11.6. The molecule has 0 aliphatic heterocycles. The Morgan fingerprint density at radius 2 is 1.95 bits per heavy atom. The molecule has 0 bridgehead atoms. The topological polar surface area (TPSA) is 74.2 Å². The van der Waals surface area contributed by atoms with E-state index in [-0.39, 0.29) is 5.88 Å². The molecule has 21 heavy (non-hydrogen) atoms. The molecule has 5 nitrogen and oxygen atoms in total. The second-order valence-corrected chi connectivity index (χ2v) is 4.44. The number of nitrogens with zero attached hydrogens (tertiary/aromatic N) is 2. The Bertz CT molecular complexity index is 721. The van der Waals surface area contributed by atoms with Crippen LogP contribution in [0.15, 0.2) is 53.2 Å². The number of nitrogens with two attached hydrogens (primary N) is 1. The number of ether oxygens (including phenoxy) is 1. The van der Waals surface area contributed by atoms with Crippen LogP contribution in [0, 0.1) is 0 Å². The average Bonchev–Trinajstić information content (AvgIpc) is 2.91. The molecule has 3 rings (SSSR count). The van der Waals surface area contributed by atoms with E-state index in [1.807, 2.05) is 49.4 Å². The first kappa shape index (κ1) is 13.2. The number of hydrogen-bond donors (Lipinski definition) is 1. The summed E-state index contributed by atoms with van der Waals surface area (Å²) in [6.07, 6.45) is 1.71. The van der Waals surface area contributed by atoms with Crippen molar-refractivity contribution in [3.05, 3.63) is 48.7 Å². The third-order valence-corrected chi connectivity index (χ3v) is 3.08. The van der Waals surface area contributed by atoms with E-state index in [1.165, 1.54) is 0 Å². The van der Waals surface area contributed by atoms with Gasteiger partial charge in [-0.2, -0.15) is 0 Å². The van der Waals surface area contributed by atoms with Gasteiger partial charge < -0.3 is 15.0 Å². The van der Waals surface area contributed by atoms with Crippen LogP contribution in [0.5, 0.6) is 5.75 Å². The predicted octanol–water partition coefficient (Wildman–Crippen LogP) is 3.38. The van der Waals surface area contributed by atoms with Crippen molar-refractivity contribution in [1.29, 1.82) is 0 Å². The van der Waals surface area contributed by atoms with Crippen molar-refractivity contribution in [3.63, 3.8) is 0 Å². The van der Waals surface area contributed by atoms with Crippen molar-refractivity contribution < 1.29 is 9.26 Å². The second-order valence-electron chi connectivity index (χ2n) is 4.44. The molecule has 0 fully saturated rings. The summed E-state index contributed by atoms with van der Waals surface area (Å²) in [6, 6.07) is 13.3. The molecule has 0 saturated carbocycles. The van der Waals surface area contributed by atoms with Crippen LogP contribution in [0.2, 0.25) is 0 Å². The number of aromatic nitrogens is 2. The summed E-state index contributed by atoms with van der Waals surface area (Å²) in [4.78, 5) is 4.31. The van der Waals surface area contributed by atoms with Crippen LogP contribution in [0.1, 0.15) is 6.92 Å². The van der Waals surface area contributed by atoms with Gasteiger partial charge >= 0.3 is 0 Å². The predicted molar refractivity (Wildman–Crippen MR) is 80.8 cm³/mol. The van der Waals surface area contributed by atoms with Gasteiger partial charge in [0.05, 0.1) is 17.9 Å². The smallest absolute Gasteiger partial charge is 0.232 e.